The average molecular weight is 306 g/mol. The second-order valence-electron chi connectivity index (χ2n) is 4.10. The van der Waals surface area contributed by atoms with Gasteiger partial charge in [-0.25, -0.2) is 4.39 Å². The lowest BCUT2D eigenvalue weighted by Gasteiger charge is -2.06. The van der Waals surface area contributed by atoms with Crippen LogP contribution in [0.25, 0.3) is 11.7 Å². The molecule has 21 heavy (non-hydrogen) atoms. The Morgan fingerprint density at radius 2 is 2.19 bits per heavy atom. The molecular weight excluding hydrogens is 295 g/mol. The van der Waals surface area contributed by atoms with Crippen molar-refractivity contribution in [1.29, 1.82) is 0 Å². The number of benzene rings is 1. The predicted molar refractivity (Wildman–Crippen MR) is 74.5 cm³/mol. The maximum Gasteiger partial charge on any atom is 0.284 e. The number of ether oxygens (including phenoxy) is 1. The van der Waals surface area contributed by atoms with Gasteiger partial charge < -0.3 is 13.6 Å². The van der Waals surface area contributed by atoms with Crippen molar-refractivity contribution in [2.45, 2.75) is 11.0 Å². The van der Waals surface area contributed by atoms with E-state index in [1.807, 2.05) is 0 Å². The summed E-state index contributed by atoms with van der Waals surface area (Å²) in [6, 6.07) is 7.85. The van der Waals surface area contributed by atoms with Gasteiger partial charge in [-0.3, -0.25) is 0 Å². The van der Waals surface area contributed by atoms with Crippen molar-refractivity contribution in [2.24, 2.45) is 0 Å². The Hall–Kier alpha value is -2.28. The highest BCUT2D eigenvalue weighted by Gasteiger charge is 2.12. The SMILES string of the molecule is COc1ccc(F)cc1CSc1nnc(-c2ccco2)o1. The van der Waals surface area contributed by atoms with Gasteiger partial charge in [0.1, 0.15) is 11.6 Å². The summed E-state index contributed by atoms with van der Waals surface area (Å²) in [7, 11) is 1.54. The van der Waals surface area contributed by atoms with Gasteiger partial charge in [0.05, 0.1) is 13.4 Å². The number of methoxy groups -OCH3 is 1. The van der Waals surface area contributed by atoms with E-state index in [0.29, 0.717) is 28.4 Å². The second-order valence-corrected chi connectivity index (χ2v) is 5.02. The highest BCUT2D eigenvalue weighted by atomic mass is 32.2. The summed E-state index contributed by atoms with van der Waals surface area (Å²) in [6.07, 6.45) is 1.53. The molecule has 0 atom stereocenters. The van der Waals surface area contributed by atoms with Crippen molar-refractivity contribution in [2.75, 3.05) is 7.11 Å². The first-order valence-electron chi connectivity index (χ1n) is 6.09. The van der Waals surface area contributed by atoms with Crippen LogP contribution in [-0.4, -0.2) is 17.3 Å². The number of halogens is 1. The lowest BCUT2D eigenvalue weighted by atomic mass is 10.2. The predicted octanol–water partition coefficient (Wildman–Crippen LogP) is 3.77. The lowest BCUT2D eigenvalue weighted by molar-refractivity contribution is 0.410. The maximum absolute atomic E-state index is 13.3. The Morgan fingerprint density at radius 1 is 1.29 bits per heavy atom. The van der Waals surface area contributed by atoms with Gasteiger partial charge in [0, 0.05) is 11.3 Å². The van der Waals surface area contributed by atoms with Crippen molar-refractivity contribution in [3.8, 4) is 17.4 Å². The molecule has 0 saturated carbocycles. The first kappa shape index (κ1) is 13.7. The fourth-order valence-electron chi connectivity index (χ4n) is 1.77. The fourth-order valence-corrected chi connectivity index (χ4v) is 2.51. The Balaban J connectivity index is 1.72. The molecule has 0 aliphatic carbocycles. The van der Waals surface area contributed by atoms with E-state index in [9.17, 15) is 4.39 Å². The number of furan rings is 1. The smallest absolute Gasteiger partial charge is 0.284 e. The molecule has 0 aliphatic rings. The van der Waals surface area contributed by atoms with Gasteiger partial charge in [-0.15, -0.1) is 10.2 Å². The number of hydrogen-bond donors (Lipinski definition) is 0. The van der Waals surface area contributed by atoms with Crippen LogP contribution in [0.3, 0.4) is 0 Å². The van der Waals surface area contributed by atoms with Crippen LogP contribution in [0, 0.1) is 5.82 Å². The molecule has 3 aromatic rings. The van der Waals surface area contributed by atoms with Crippen LogP contribution >= 0.6 is 11.8 Å². The molecule has 2 heterocycles. The molecule has 0 amide bonds. The third kappa shape index (κ3) is 3.08. The molecule has 5 nitrogen and oxygen atoms in total. The summed E-state index contributed by atoms with van der Waals surface area (Å²) in [5, 5.41) is 8.19. The third-order valence-electron chi connectivity index (χ3n) is 2.73. The van der Waals surface area contributed by atoms with Crippen LogP contribution in [-0.2, 0) is 5.75 Å². The molecule has 1 aromatic carbocycles. The summed E-state index contributed by atoms with van der Waals surface area (Å²) >= 11 is 1.30. The molecule has 7 heteroatoms. The topological polar surface area (TPSA) is 61.3 Å². The van der Waals surface area contributed by atoms with Crippen molar-refractivity contribution < 1.29 is 18.0 Å². The molecule has 3 rings (SSSR count). The summed E-state index contributed by atoms with van der Waals surface area (Å²) in [6.45, 7) is 0. The monoisotopic (exact) mass is 306 g/mol. The van der Waals surface area contributed by atoms with E-state index in [-0.39, 0.29) is 5.82 Å². The summed E-state index contributed by atoms with van der Waals surface area (Å²) in [5.41, 5.74) is 0.722. The molecule has 0 bridgehead atoms. The van der Waals surface area contributed by atoms with Gasteiger partial charge >= 0.3 is 0 Å². The third-order valence-corrected chi connectivity index (χ3v) is 3.60. The molecule has 0 spiro atoms. The zero-order valence-electron chi connectivity index (χ0n) is 11.1. The number of thioether (sulfide) groups is 1. The summed E-state index contributed by atoms with van der Waals surface area (Å²) in [4.78, 5) is 0. The largest absolute Gasteiger partial charge is 0.496 e. The van der Waals surface area contributed by atoms with Crippen LogP contribution in [0.4, 0.5) is 4.39 Å². The molecular formula is C14H11FN2O3S. The van der Waals surface area contributed by atoms with Crippen molar-refractivity contribution in [3.05, 3.63) is 48.0 Å². The van der Waals surface area contributed by atoms with E-state index in [0.717, 1.165) is 5.56 Å². The standard InChI is InChI=1S/C14H11FN2O3S/c1-18-11-5-4-10(15)7-9(11)8-21-14-17-16-13(20-14)12-3-2-6-19-12/h2-7H,8H2,1H3. The first-order valence-corrected chi connectivity index (χ1v) is 7.07. The summed E-state index contributed by atoms with van der Waals surface area (Å²) in [5.74, 6) is 1.59. The molecule has 0 saturated heterocycles. The van der Waals surface area contributed by atoms with E-state index in [4.69, 9.17) is 13.6 Å². The van der Waals surface area contributed by atoms with E-state index >= 15 is 0 Å². The van der Waals surface area contributed by atoms with Crippen LogP contribution in [0.1, 0.15) is 5.56 Å². The molecule has 0 aliphatic heterocycles. The average Bonchev–Trinajstić information content (AvgIpc) is 3.16. The molecule has 0 N–H and O–H groups in total. The zero-order chi connectivity index (χ0) is 14.7. The van der Waals surface area contributed by atoms with Crippen molar-refractivity contribution in [3.63, 3.8) is 0 Å². The molecule has 0 unspecified atom stereocenters. The van der Waals surface area contributed by atoms with Gasteiger partial charge in [0.25, 0.3) is 11.1 Å². The molecule has 0 radical (unpaired) electrons. The first-order chi connectivity index (χ1) is 10.3. The van der Waals surface area contributed by atoms with E-state index < -0.39 is 0 Å². The second kappa shape index (κ2) is 6.01. The quantitative estimate of drug-likeness (QED) is 0.669. The number of rotatable bonds is 5. The maximum atomic E-state index is 13.3. The highest BCUT2D eigenvalue weighted by molar-refractivity contribution is 7.98. The van der Waals surface area contributed by atoms with Crippen LogP contribution in [0.2, 0.25) is 0 Å². The highest BCUT2D eigenvalue weighted by Crippen LogP contribution is 2.29. The Morgan fingerprint density at radius 3 is 2.95 bits per heavy atom. The van der Waals surface area contributed by atoms with E-state index in [2.05, 4.69) is 10.2 Å². The van der Waals surface area contributed by atoms with Gasteiger partial charge in [-0.2, -0.15) is 0 Å². The van der Waals surface area contributed by atoms with Crippen LogP contribution < -0.4 is 4.74 Å². The number of hydrogen-bond acceptors (Lipinski definition) is 6. The minimum absolute atomic E-state index is 0.312. The minimum Gasteiger partial charge on any atom is -0.496 e. The Labute approximate surface area is 124 Å². The van der Waals surface area contributed by atoms with Gasteiger partial charge in [0.15, 0.2) is 5.76 Å². The van der Waals surface area contributed by atoms with Crippen molar-refractivity contribution in [1.82, 2.24) is 10.2 Å². The molecule has 2 aromatic heterocycles. The number of nitrogens with zero attached hydrogens (tertiary/aromatic N) is 2. The van der Waals surface area contributed by atoms with E-state index in [1.54, 1.807) is 25.3 Å². The minimum atomic E-state index is -0.312. The van der Waals surface area contributed by atoms with Crippen LogP contribution in [0.15, 0.2) is 50.7 Å². The zero-order valence-corrected chi connectivity index (χ0v) is 11.9. The van der Waals surface area contributed by atoms with Crippen molar-refractivity contribution >= 4 is 11.8 Å². The number of aromatic nitrogens is 2. The molecule has 0 fully saturated rings. The Kier molecular flexibility index (Phi) is 3.92. The van der Waals surface area contributed by atoms with Gasteiger partial charge in [0.2, 0.25) is 0 Å². The van der Waals surface area contributed by atoms with E-state index in [1.165, 1.54) is 30.2 Å². The Bertz CT molecular complexity index is 728. The van der Waals surface area contributed by atoms with Crippen LogP contribution in [0.5, 0.6) is 5.75 Å². The lowest BCUT2D eigenvalue weighted by Crippen LogP contribution is -1.91. The fraction of sp³-hybridized carbons (Fsp3) is 0.143. The molecule has 108 valence electrons. The summed E-state index contributed by atoms with van der Waals surface area (Å²) < 4.78 is 29.1. The normalized spacial score (nSPS) is 10.8. The van der Waals surface area contributed by atoms with Gasteiger partial charge in [-0.05, 0) is 30.3 Å². The van der Waals surface area contributed by atoms with Gasteiger partial charge in [-0.1, -0.05) is 11.8 Å².